The van der Waals surface area contributed by atoms with Crippen molar-refractivity contribution in [3.63, 3.8) is 0 Å². The van der Waals surface area contributed by atoms with E-state index < -0.39 is 17.9 Å². The van der Waals surface area contributed by atoms with Gasteiger partial charge in [-0.2, -0.15) is 0 Å². The maximum atomic E-state index is 11.7. The van der Waals surface area contributed by atoms with Crippen LogP contribution in [0.1, 0.15) is 20.3 Å². The highest BCUT2D eigenvalue weighted by atomic mass is 16.2. The van der Waals surface area contributed by atoms with Crippen LogP contribution in [-0.4, -0.2) is 36.6 Å². The number of rotatable bonds is 8. The number of carbonyl (C=O) groups excluding carboxylic acids is 4. The molecular formula is C10H17N3O4. The van der Waals surface area contributed by atoms with Gasteiger partial charge < -0.3 is 16.4 Å². The van der Waals surface area contributed by atoms with E-state index in [2.05, 4.69) is 10.6 Å². The molecule has 3 amide bonds. The number of Topliss-reactive ketones (excluding diaryl/α,β-unsaturated/α-hetero) is 1. The molecule has 0 heterocycles. The van der Waals surface area contributed by atoms with Gasteiger partial charge >= 0.3 is 0 Å². The predicted molar refractivity (Wildman–Crippen MR) is 59.7 cm³/mol. The van der Waals surface area contributed by atoms with Gasteiger partial charge in [0.2, 0.25) is 18.2 Å². The van der Waals surface area contributed by atoms with Crippen LogP contribution >= 0.6 is 0 Å². The average Bonchev–Trinajstić information content (AvgIpc) is 2.23. The van der Waals surface area contributed by atoms with Crippen LogP contribution in [0.15, 0.2) is 0 Å². The van der Waals surface area contributed by atoms with Gasteiger partial charge in [0.15, 0.2) is 5.78 Å². The van der Waals surface area contributed by atoms with Crippen molar-refractivity contribution in [2.75, 3.05) is 6.54 Å². The SMILES string of the molecule is CC(C)C(=O)C(CC(N)=O)NC(=O)CNC=O. The van der Waals surface area contributed by atoms with Crippen LogP contribution in [0, 0.1) is 5.92 Å². The highest BCUT2D eigenvalue weighted by Gasteiger charge is 2.24. The van der Waals surface area contributed by atoms with Gasteiger partial charge in [-0.05, 0) is 0 Å². The third-order valence-corrected chi connectivity index (χ3v) is 2.00. The molecule has 0 fully saturated rings. The fraction of sp³-hybridized carbons (Fsp3) is 0.600. The Morgan fingerprint density at radius 1 is 1.29 bits per heavy atom. The molecule has 4 N–H and O–H groups in total. The number of hydrogen-bond acceptors (Lipinski definition) is 4. The Morgan fingerprint density at radius 2 is 1.88 bits per heavy atom. The lowest BCUT2D eigenvalue weighted by Gasteiger charge is -2.18. The maximum Gasteiger partial charge on any atom is 0.239 e. The van der Waals surface area contributed by atoms with Crippen molar-refractivity contribution in [2.24, 2.45) is 11.7 Å². The topological polar surface area (TPSA) is 118 Å². The zero-order valence-electron chi connectivity index (χ0n) is 9.86. The second-order valence-electron chi connectivity index (χ2n) is 3.85. The summed E-state index contributed by atoms with van der Waals surface area (Å²) >= 11 is 0. The number of ketones is 1. The number of nitrogens with one attached hydrogen (secondary N) is 2. The van der Waals surface area contributed by atoms with Crippen LogP contribution < -0.4 is 16.4 Å². The Balaban J connectivity index is 4.48. The highest BCUT2D eigenvalue weighted by Crippen LogP contribution is 2.03. The van der Waals surface area contributed by atoms with E-state index in [-0.39, 0.29) is 24.7 Å². The smallest absolute Gasteiger partial charge is 0.239 e. The second-order valence-corrected chi connectivity index (χ2v) is 3.85. The van der Waals surface area contributed by atoms with Crippen molar-refractivity contribution in [3.8, 4) is 0 Å². The molecular weight excluding hydrogens is 226 g/mol. The molecule has 0 spiro atoms. The molecule has 0 aromatic carbocycles. The first-order valence-corrected chi connectivity index (χ1v) is 5.17. The van der Waals surface area contributed by atoms with Gasteiger partial charge in [0.25, 0.3) is 0 Å². The molecule has 0 saturated carbocycles. The van der Waals surface area contributed by atoms with Gasteiger partial charge in [-0.15, -0.1) is 0 Å². The summed E-state index contributed by atoms with van der Waals surface area (Å²) in [7, 11) is 0. The molecule has 7 heteroatoms. The van der Waals surface area contributed by atoms with Crippen molar-refractivity contribution in [1.82, 2.24) is 10.6 Å². The van der Waals surface area contributed by atoms with Gasteiger partial charge in [0.05, 0.1) is 19.0 Å². The number of primary amides is 1. The number of hydrogen-bond donors (Lipinski definition) is 3. The Kier molecular flexibility index (Phi) is 6.54. The van der Waals surface area contributed by atoms with E-state index in [1.807, 2.05) is 0 Å². The molecule has 0 aromatic heterocycles. The summed E-state index contributed by atoms with van der Waals surface area (Å²) in [4.78, 5) is 43.7. The van der Waals surface area contributed by atoms with Crippen molar-refractivity contribution in [2.45, 2.75) is 26.3 Å². The minimum absolute atomic E-state index is 0.246. The average molecular weight is 243 g/mol. The van der Waals surface area contributed by atoms with Crippen LogP contribution in [0.2, 0.25) is 0 Å². The predicted octanol–water partition coefficient (Wildman–Crippen LogP) is -1.68. The second kappa shape index (κ2) is 7.37. The van der Waals surface area contributed by atoms with Gasteiger partial charge in [-0.25, -0.2) is 0 Å². The Hall–Kier alpha value is -1.92. The monoisotopic (exact) mass is 243 g/mol. The Morgan fingerprint density at radius 3 is 2.29 bits per heavy atom. The molecule has 0 aliphatic heterocycles. The normalized spacial score (nSPS) is 11.7. The van der Waals surface area contributed by atoms with Gasteiger partial charge in [-0.3, -0.25) is 19.2 Å². The van der Waals surface area contributed by atoms with Crippen molar-refractivity contribution in [3.05, 3.63) is 0 Å². The molecule has 7 nitrogen and oxygen atoms in total. The first-order valence-electron chi connectivity index (χ1n) is 5.17. The van der Waals surface area contributed by atoms with Crippen LogP contribution in [0.4, 0.5) is 0 Å². The molecule has 1 unspecified atom stereocenters. The maximum absolute atomic E-state index is 11.7. The number of carbonyl (C=O) groups is 4. The molecule has 0 aliphatic carbocycles. The van der Waals surface area contributed by atoms with Crippen LogP contribution in [0.3, 0.4) is 0 Å². The van der Waals surface area contributed by atoms with Crippen LogP contribution in [-0.2, 0) is 19.2 Å². The zero-order chi connectivity index (χ0) is 13.4. The first-order chi connectivity index (χ1) is 7.88. The summed E-state index contributed by atoms with van der Waals surface area (Å²) in [5.74, 6) is -1.81. The minimum Gasteiger partial charge on any atom is -0.370 e. The third-order valence-electron chi connectivity index (χ3n) is 2.00. The van der Waals surface area contributed by atoms with Crippen LogP contribution in [0.25, 0.3) is 0 Å². The zero-order valence-corrected chi connectivity index (χ0v) is 9.86. The van der Waals surface area contributed by atoms with E-state index >= 15 is 0 Å². The number of amides is 3. The van der Waals surface area contributed by atoms with E-state index in [1.54, 1.807) is 13.8 Å². The van der Waals surface area contributed by atoms with E-state index in [0.717, 1.165) is 0 Å². The van der Waals surface area contributed by atoms with Gasteiger partial charge in [-0.1, -0.05) is 13.8 Å². The van der Waals surface area contributed by atoms with Gasteiger partial charge in [0, 0.05) is 5.92 Å². The number of nitrogens with two attached hydrogens (primary N) is 1. The van der Waals surface area contributed by atoms with E-state index in [0.29, 0.717) is 6.41 Å². The summed E-state index contributed by atoms with van der Waals surface area (Å²) in [6.07, 6.45) is 0.122. The fourth-order valence-corrected chi connectivity index (χ4v) is 1.21. The van der Waals surface area contributed by atoms with E-state index in [1.165, 1.54) is 0 Å². The highest BCUT2D eigenvalue weighted by molar-refractivity contribution is 5.94. The summed E-state index contributed by atoms with van der Waals surface area (Å²) in [5, 5.41) is 4.51. The Labute approximate surface area is 99.1 Å². The molecule has 0 aliphatic rings. The van der Waals surface area contributed by atoms with Crippen molar-refractivity contribution in [1.29, 1.82) is 0 Å². The quantitative estimate of drug-likeness (QED) is 0.441. The lowest BCUT2D eigenvalue weighted by atomic mass is 9.99. The van der Waals surface area contributed by atoms with Gasteiger partial charge in [0.1, 0.15) is 0 Å². The molecule has 0 aromatic rings. The summed E-state index contributed by atoms with van der Waals surface area (Å²) in [6.45, 7) is 3.07. The summed E-state index contributed by atoms with van der Waals surface area (Å²) in [6, 6.07) is -0.937. The third kappa shape index (κ3) is 6.29. The largest absolute Gasteiger partial charge is 0.370 e. The molecule has 0 radical (unpaired) electrons. The lowest BCUT2D eigenvalue weighted by molar-refractivity contribution is -0.131. The van der Waals surface area contributed by atoms with Crippen LogP contribution in [0.5, 0.6) is 0 Å². The van der Waals surface area contributed by atoms with E-state index in [9.17, 15) is 19.2 Å². The molecule has 1 atom stereocenters. The Bertz CT molecular complexity index is 315. The molecule has 17 heavy (non-hydrogen) atoms. The summed E-state index contributed by atoms with van der Waals surface area (Å²) in [5.41, 5.74) is 4.99. The molecule has 0 saturated heterocycles. The molecule has 0 rings (SSSR count). The summed E-state index contributed by atoms with van der Waals surface area (Å²) < 4.78 is 0. The molecule has 0 bridgehead atoms. The lowest BCUT2D eigenvalue weighted by Crippen LogP contribution is -2.47. The first kappa shape index (κ1) is 15.1. The fourth-order valence-electron chi connectivity index (χ4n) is 1.21. The van der Waals surface area contributed by atoms with Crippen molar-refractivity contribution < 1.29 is 19.2 Å². The van der Waals surface area contributed by atoms with E-state index in [4.69, 9.17) is 5.73 Å². The minimum atomic E-state index is -0.937. The molecule has 96 valence electrons. The van der Waals surface area contributed by atoms with Crippen molar-refractivity contribution >= 4 is 24.0 Å². The standard InChI is InChI=1S/C10H17N3O4/c1-6(2)10(17)7(3-8(11)15)13-9(16)4-12-5-14/h5-7H,3-4H2,1-2H3,(H2,11,15)(H,12,14)(H,13,16).